The first kappa shape index (κ1) is 36.7. The molecule has 0 bridgehead atoms. The Bertz CT molecular complexity index is 1280. The Kier molecular flexibility index (Phi) is 14.2. The molecule has 2 amide bonds. The molecule has 3 rings (SSSR count). The van der Waals surface area contributed by atoms with Gasteiger partial charge in [0, 0.05) is 23.2 Å². The van der Waals surface area contributed by atoms with Crippen LogP contribution in [0, 0.1) is 17.8 Å². The first-order valence-electron chi connectivity index (χ1n) is 16.8. The molecule has 2 aromatic rings. The summed E-state index contributed by atoms with van der Waals surface area (Å²) in [6.07, 6.45) is 4.99. The highest BCUT2D eigenvalue weighted by Crippen LogP contribution is 2.35. The van der Waals surface area contributed by atoms with Crippen LogP contribution in [0.1, 0.15) is 103 Å². The average Bonchev–Trinajstić information content (AvgIpc) is 3.00. The van der Waals surface area contributed by atoms with E-state index in [1.165, 1.54) is 0 Å². The molecule has 254 valence electrons. The van der Waals surface area contributed by atoms with E-state index < -0.39 is 6.09 Å². The Morgan fingerprint density at radius 3 is 2.11 bits per heavy atom. The molecule has 3 atom stereocenters. The Labute approximate surface area is 275 Å². The number of amidine groups is 1. The number of unbranched alkanes of at least 4 members (excludes halogenated alkanes) is 2. The number of aliphatic imine (C=N–C) groups is 1. The van der Waals surface area contributed by atoms with Crippen LogP contribution in [0.2, 0.25) is 0 Å². The minimum Gasteiger partial charge on any atom is -0.494 e. The van der Waals surface area contributed by atoms with Crippen LogP contribution in [0.3, 0.4) is 0 Å². The van der Waals surface area contributed by atoms with Crippen molar-refractivity contribution in [1.82, 2.24) is 4.90 Å². The fourth-order valence-corrected chi connectivity index (χ4v) is 6.18. The molecule has 2 N–H and O–H groups in total. The highest BCUT2D eigenvalue weighted by atomic mass is 16.6. The smallest absolute Gasteiger partial charge is 0.435 e. The number of amides is 2. The van der Waals surface area contributed by atoms with Crippen molar-refractivity contribution in [3.63, 3.8) is 0 Å². The van der Waals surface area contributed by atoms with Crippen LogP contribution < -0.4 is 19.9 Å². The Morgan fingerprint density at radius 1 is 0.870 bits per heavy atom. The Balaban J connectivity index is 1.40. The van der Waals surface area contributed by atoms with Gasteiger partial charge in [-0.25, -0.2) is 4.79 Å². The number of nitrogens with two attached hydrogens (primary N) is 1. The SMILES string of the molecule is COc1cc(C(=O)N(C(C)C)C(C)C)ccc1OCCCCCOc1ccc(/C(N)=N\C(=O)OC2CC(C)CCC2C(C)C)cc1. The molecule has 1 saturated carbocycles. The summed E-state index contributed by atoms with van der Waals surface area (Å²) in [6, 6.07) is 12.8. The molecule has 0 spiro atoms. The number of nitrogens with zero attached hydrogens (tertiary/aromatic N) is 2. The number of ether oxygens (including phenoxy) is 4. The topological polar surface area (TPSA) is 113 Å². The summed E-state index contributed by atoms with van der Waals surface area (Å²) in [4.78, 5) is 31.5. The van der Waals surface area contributed by atoms with Gasteiger partial charge < -0.3 is 29.6 Å². The third kappa shape index (κ3) is 10.7. The van der Waals surface area contributed by atoms with Gasteiger partial charge in [0.15, 0.2) is 11.5 Å². The van der Waals surface area contributed by atoms with Gasteiger partial charge >= 0.3 is 6.09 Å². The van der Waals surface area contributed by atoms with Gasteiger partial charge in [0.2, 0.25) is 0 Å². The van der Waals surface area contributed by atoms with Crippen LogP contribution in [0.4, 0.5) is 4.79 Å². The molecule has 0 heterocycles. The number of rotatable bonds is 15. The maximum Gasteiger partial charge on any atom is 0.435 e. The summed E-state index contributed by atoms with van der Waals surface area (Å²) in [5.74, 6) is 3.33. The molecule has 46 heavy (non-hydrogen) atoms. The molecular formula is C37H55N3O6. The van der Waals surface area contributed by atoms with E-state index in [2.05, 4.69) is 25.8 Å². The third-order valence-corrected chi connectivity index (χ3v) is 8.65. The second-order valence-corrected chi connectivity index (χ2v) is 13.3. The van der Waals surface area contributed by atoms with Crippen LogP contribution in [-0.2, 0) is 4.74 Å². The fraction of sp³-hybridized carbons (Fsp3) is 0.595. The van der Waals surface area contributed by atoms with Gasteiger partial charge in [0.05, 0.1) is 20.3 Å². The number of carbonyl (C=O) groups is 2. The molecule has 1 aliphatic carbocycles. The van der Waals surface area contributed by atoms with E-state index in [0.717, 1.165) is 44.3 Å². The number of carbonyl (C=O) groups excluding carboxylic acids is 2. The number of hydrogen-bond acceptors (Lipinski definition) is 6. The lowest BCUT2D eigenvalue weighted by Gasteiger charge is -2.36. The van der Waals surface area contributed by atoms with E-state index in [9.17, 15) is 9.59 Å². The second kappa shape index (κ2) is 17.8. The van der Waals surface area contributed by atoms with Gasteiger partial charge in [-0.2, -0.15) is 4.99 Å². The molecule has 0 aromatic heterocycles. The van der Waals surface area contributed by atoms with E-state index in [1.54, 1.807) is 37.4 Å². The van der Waals surface area contributed by atoms with Crippen molar-refractivity contribution in [2.24, 2.45) is 28.5 Å². The van der Waals surface area contributed by atoms with E-state index >= 15 is 0 Å². The van der Waals surface area contributed by atoms with Crippen LogP contribution in [0.15, 0.2) is 47.5 Å². The summed E-state index contributed by atoms with van der Waals surface area (Å²) in [6.45, 7) is 15.7. The molecule has 2 aromatic carbocycles. The minimum absolute atomic E-state index is 0.0230. The zero-order valence-electron chi connectivity index (χ0n) is 29.1. The van der Waals surface area contributed by atoms with Crippen molar-refractivity contribution in [2.45, 2.75) is 105 Å². The molecule has 9 nitrogen and oxygen atoms in total. The monoisotopic (exact) mass is 637 g/mol. The fourth-order valence-electron chi connectivity index (χ4n) is 6.18. The second-order valence-electron chi connectivity index (χ2n) is 13.3. The molecule has 0 saturated heterocycles. The summed E-state index contributed by atoms with van der Waals surface area (Å²) < 4.78 is 23.1. The van der Waals surface area contributed by atoms with Gasteiger partial charge in [0.1, 0.15) is 17.7 Å². The standard InChI is InChI=1S/C37H55N3O6/c1-24(2)31-18-12-27(7)22-33(31)46-37(42)39-35(38)28-13-16-30(17-14-28)44-20-10-9-11-21-45-32-19-15-29(23-34(32)43-8)36(41)40(25(3)4)26(5)6/h13-17,19,23-27,31,33H,9-12,18,20-22H2,1-8H3,(H2,38,39,42). The van der Waals surface area contributed by atoms with Crippen LogP contribution in [-0.4, -0.2) is 61.2 Å². The number of benzene rings is 2. The molecule has 3 unspecified atom stereocenters. The summed E-state index contributed by atoms with van der Waals surface area (Å²) in [5.41, 5.74) is 7.35. The van der Waals surface area contributed by atoms with E-state index in [-0.39, 0.29) is 29.9 Å². The first-order chi connectivity index (χ1) is 21.9. The highest BCUT2D eigenvalue weighted by Gasteiger charge is 2.33. The maximum absolute atomic E-state index is 13.0. The van der Waals surface area contributed by atoms with Gasteiger partial charge in [-0.15, -0.1) is 0 Å². The molecule has 1 aliphatic rings. The first-order valence-corrected chi connectivity index (χ1v) is 16.8. The molecule has 1 fully saturated rings. The average molecular weight is 638 g/mol. The summed E-state index contributed by atoms with van der Waals surface area (Å²) >= 11 is 0. The largest absolute Gasteiger partial charge is 0.494 e. The zero-order chi connectivity index (χ0) is 33.8. The zero-order valence-corrected chi connectivity index (χ0v) is 29.1. The van der Waals surface area contributed by atoms with Crippen molar-refractivity contribution in [3.05, 3.63) is 53.6 Å². The minimum atomic E-state index is -0.628. The highest BCUT2D eigenvalue weighted by molar-refractivity contribution is 6.02. The van der Waals surface area contributed by atoms with Crippen molar-refractivity contribution < 1.29 is 28.5 Å². The predicted octanol–water partition coefficient (Wildman–Crippen LogP) is 7.89. The van der Waals surface area contributed by atoms with E-state index in [0.29, 0.717) is 53.6 Å². The quantitative estimate of drug-likeness (QED) is 0.120. The lowest BCUT2D eigenvalue weighted by atomic mass is 9.75. The van der Waals surface area contributed by atoms with Crippen LogP contribution >= 0.6 is 0 Å². The van der Waals surface area contributed by atoms with Crippen molar-refractivity contribution in [3.8, 4) is 17.2 Å². The number of methoxy groups -OCH3 is 1. The number of hydrogen-bond donors (Lipinski definition) is 1. The Morgan fingerprint density at radius 2 is 1.50 bits per heavy atom. The molecule has 9 heteroatoms. The normalized spacial score (nSPS) is 18.5. The molecule has 0 aliphatic heterocycles. The Hall–Kier alpha value is -3.75. The third-order valence-electron chi connectivity index (χ3n) is 8.65. The predicted molar refractivity (Wildman–Crippen MR) is 183 cm³/mol. The molecule has 0 radical (unpaired) electrons. The van der Waals surface area contributed by atoms with Crippen LogP contribution in [0.25, 0.3) is 0 Å². The maximum atomic E-state index is 13.0. The lowest BCUT2D eigenvalue weighted by Crippen LogP contribution is -2.42. The lowest BCUT2D eigenvalue weighted by molar-refractivity contribution is 0.0107. The molecular weight excluding hydrogens is 582 g/mol. The van der Waals surface area contributed by atoms with Gasteiger partial charge in [-0.1, -0.05) is 27.2 Å². The van der Waals surface area contributed by atoms with Gasteiger partial charge in [-0.05, 0) is 120 Å². The van der Waals surface area contributed by atoms with Crippen molar-refractivity contribution >= 4 is 17.8 Å². The van der Waals surface area contributed by atoms with Crippen molar-refractivity contribution in [1.29, 1.82) is 0 Å². The summed E-state index contributed by atoms with van der Waals surface area (Å²) in [5, 5.41) is 0. The van der Waals surface area contributed by atoms with E-state index in [4.69, 9.17) is 24.7 Å². The summed E-state index contributed by atoms with van der Waals surface area (Å²) in [7, 11) is 1.58. The van der Waals surface area contributed by atoms with Gasteiger partial charge in [-0.3, -0.25) is 4.79 Å². The van der Waals surface area contributed by atoms with E-state index in [1.807, 2.05) is 44.7 Å². The van der Waals surface area contributed by atoms with Gasteiger partial charge in [0.25, 0.3) is 5.91 Å². The van der Waals surface area contributed by atoms with Crippen LogP contribution in [0.5, 0.6) is 17.2 Å². The van der Waals surface area contributed by atoms with Crippen molar-refractivity contribution in [2.75, 3.05) is 20.3 Å².